The molecule has 6 heteroatoms. The summed E-state index contributed by atoms with van der Waals surface area (Å²) in [5.74, 6) is -4.14. The topological polar surface area (TPSA) is 41.1 Å². The fourth-order valence-corrected chi connectivity index (χ4v) is 2.16. The molecule has 2 aromatic carbocycles. The second kappa shape index (κ2) is 7.17. The number of carbonyl (C=O) groups excluding carboxylic acids is 1. The number of hydrogen-bond donors (Lipinski definition) is 2. The van der Waals surface area contributed by atoms with E-state index >= 15 is 0 Å². The summed E-state index contributed by atoms with van der Waals surface area (Å²) >= 11 is 0. The van der Waals surface area contributed by atoms with Gasteiger partial charge in [0.15, 0.2) is 17.5 Å². The van der Waals surface area contributed by atoms with Crippen LogP contribution in [0, 0.1) is 17.5 Å². The molecule has 0 aromatic heterocycles. The molecule has 0 fully saturated rings. The minimum absolute atomic E-state index is 0.228. The Morgan fingerprint density at radius 3 is 2.35 bits per heavy atom. The van der Waals surface area contributed by atoms with Gasteiger partial charge in [-0.25, -0.2) is 18.0 Å². The molecule has 122 valence electrons. The monoisotopic (exact) mass is 322 g/mol. The van der Waals surface area contributed by atoms with Crippen LogP contribution in [-0.2, 0) is 0 Å². The van der Waals surface area contributed by atoms with Crippen LogP contribution in [0.5, 0.6) is 0 Å². The maximum Gasteiger partial charge on any atom is 0.323 e. The van der Waals surface area contributed by atoms with Gasteiger partial charge in [-0.05, 0) is 36.1 Å². The van der Waals surface area contributed by atoms with Gasteiger partial charge in [0, 0.05) is 5.69 Å². The molecule has 0 bridgehead atoms. The van der Waals surface area contributed by atoms with Crippen LogP contribution < -0.4 is 10.6 Å². The maximum absolute atomic E-state index is 13.6. The van der Waals surface area contributed by atoms with Gasteiger partial charge in [-0.2, -0.15) is 0 Å². The molecule has 3 nitrogen and oxygen atoms in total. The molecule has 2 amide bonds. The zero-order valence-corrected chi connectivity index (χ0v) is 12.8. The molecule has 2 aromatic rings. The summed E-state index contributed by atoms with van der Waals surface area (Å²) < 4.78 is 39.6. The van der Waals surface area contributed by atoms with Gasteiger partial charge >= 0.3 is 6.03 Å². The van der Waals surface area contributed by atoms with Crippen LogP contribution in [0.1, 0.15) is 31.7 Å². The van der Waals surface area contributed by atoms with Gasteiger partial charge in [0.05, 0.1) is 5.69 Å². The summed E-state index contributed by atoms with van der Waals surface area (Å²) in [7, 11) is 0. The summed E-state index contributed by atoms with van der Waals surface area (Å²) in [5.41, 5.74) is 1.10. The zero-order chi connectivity index (χ0) is 17.0. The minimum atomic E-state index is -1.62. The number of para-hydroxylation sites is 1. The van der Waals surface area contributed by atoms with Crippen LogP contribution in [0.3, 0.4) is 0 Å². The van der Waals surface area contributed by atoms with Crippen molar-refractivity contribution in [2.45, 2.75) is 26.2 Å². The Balaban J connectivity index is 2.17. The number of halogens is 3. The third-order valence-electron chi connectivity index (χ3n) is 3.64. The molecule has 0 aliphatic heterocycles. The summed E-state index contributed by atoms with van der Waals surface area (Å²) in [6.45, 7) is 4.05. The van der Waals surface area contributed by atoms with Gasteiger partial charge in [0.1, 0.15) is 0 Å². The lowest BCUT2D eigenvalue weighted by Gasteiger charge is -2.16. The SMILES string of the molecule is CCC(C)c1ccccc1NC(=O)Nc1ccc(F)c(F)c1F. The zero-order valence-electron chi connectivity index (χ0n) is 12.8. The van der Waals surface area contributed by atoms with Gasteiger partial charge in [0.2, 0.25) is 0 Å². The van der Waals surface area contributed by atoms with Crippen molar-refractivity contribution in [1.29, 1.82) is 0 Å². The molecule has 0 saturated carbocycles. The number of benzene rings is 2. The van der Waals surface area contributed by atoms with Crippen LogP contribution in [-0.4, -0.2) is 6.03 Å². The van der Waals surface area contributed by atoms with Gasteiger partial charge < -0.3 is 10.6 Å². The Morgan fingerprint density at radius 1 is 1.00 bits per heavy atom. The van der Waals surface area contributed by atoms with Crippen LogP contribution in [0.2, 0.25) is 0 Å². The van der Waals surface area contributed by atoms with E-state index in [-0.39, 0.29) is 5.92 Å². The first-order chi connectivity index (χ1) is 10.9. The van der Waals surface area contributed by atoms with E-state index in [1.165, 1.54) is 0 Å². The molecular formula is C17H17F3N2O. The first kappa shape index (κ1) is 16.9. The van der Waals surface area contributed by atoms with E-state index in [1.807, 2.05) is 26.0 Å². The number of urea groups is 1. The molecule has 0 aliphatic rings. The van der Waals surface area contributed by atoms with Crippen molar-refractivity contribution >= 4 is 17.4 Å². The second-order valence-corrected chi connectivity index (χ2v) is 5.20. The predicted molar refractivity (Wildman–Crippen MR) is 84.1 cm³/mol. The second-order valence-electron chi connectivity index (χ2n) is 5.20. The van der Waals surface area contributed by atoms with E-state index in [1.54, 1.807) is 12.1 Å². The van der Waals surface area contributed by atoms with Crippen molar-refractivity contribution in [2.24, 2.45) is 0 Å². The summed E-state index contributed by atoms with van der Waals surface area (Å²) in [4.78, 5) is 12.0. The third-order valence-corrected chi connectivity index (χ3v) is 3.64. The van der Waals surface area contributed by atoms with Crippen molar-refractivity contribution < 1.29 is 18.0 Å². The standard InChI is InChI=1S/C17H17F3N2O/c1-3-10(2)11-6-4-5-7-13(11)21-17(23)22-14-9-8-12(18)15(19)16(14)20/h4-10H,3H2,1-2H3,(H2,21,22,23). The van der Waals surface area contributed by atoms with Crippen LogP contribution in [0.15, 0.2) is 36.4 Å². The van der Waals surface area contributed by atoms with Gasteiger partial charge in [-0.3, -0.25) is 0 Å². The lowest BCUT2D eigenvalue weighted by atomic mass is 9.97. The minimum Gasteiger partial charge on any atom is -0.307 e. The number of rotatable bonds is 4. The van der Waals surface area contributed by atoms with E-state index in [0.717, 1.165) is 24.1 Å². The van der Waals surface area contributed by atoms with E-state index in [4.69, 9.17) is 0 Å². The fourth-order valence-electron chi connectivity index (χ4n) is 2.16. The highest BCUT2D eigenvalue weighted by Gasteiger charge is 2.16. The molecule has 0 radical (unpaired) electrons. The molecule has 1 unspecified atom stereocenters. The largest absolute Gasteiger partial charge is 0.323 e. The first-order valence-electron chi connectivity index (χ1n) is 7.24. The maximum atomic E-state index is 13.6. The highest BCUT2D eigenvalue weighted by Crippen LogP contribution is 2.27. The molecule has 0 spiro atoms. The molecule has 2 rings (SSSR count). The molecular weight excluding hydrogens is 305 g/mol. The predicted octanol–water partition coefficient (Wildman–Crippen LogP) is 5.26. The van der Waals surface area contributed by atoms with E-state index in [0.29, 0.717) is 5.69 Å². The number of carbonyl (C=O) groups is 1. The first-order valence-corrected chi connectivity index (χ1v) is 7.24. The quantitative estimate of drug-likeness (QED) is 0.741. The Morgan fingerprint density at radius 2 is 1.65 bits per heavy atom. The molecule has 0 heterocycles. The summed E-state index contributed by atoms with van der Waals surface area (Å²) in [6, 6.07) is 8.23. The van der Waals surface area contributed by atoms with Crippen molar-refractivity contribution in [1.82, 2.24) is 0 Å². The lowest BCUT2D eigenvalue weighted by molar-refractivity contribution is 0.262. The van der Waals surface area contributed by atoms with Crippen molar-refractivity contribution in [2.75, 3.05) is 10.6 Å². The van der Waals surface area contributed by atoms with Crippen LogP contribution in [0.4, 0.5) is 29.3 Å². The Bertz CT molecular complexity index is 719. The smallest absolute Gasteiger partial charge is 0.307 e. The molecule has 0 aliphatic carbocycles. The highest BCUT2D eigenvalue weighted by molar-refractivity contribution is 6.00. The van der Waals surface area contributed by atoms with Crippen LogP contribution >= 0.6 is 0 Å². The Labute approximate surface area is 132 Å². The lowest BCUT2D eigenvalue weighted by Crippen LogP contribution is -2.21. The van der Waals surface area contributed by atoms with Gasteiger partial charge in [-0.15, -0.1) is 0 Å². The van der Waals surface area contributed by atoms with Gasteiger partial charge in [-0.1, -0.05) is 32.0 Å². The molecule has 23 heavy (non-hydrogen) atoms. The van der Waals surface area contributed by atoms with Crippen molar-refractivity contribution in [3.8, 4) is 0 Å². The summed E-state index contributed by atoms with van der Waals surface area (Å²) in [6.07, 6.45) is 0.887. The normalized spacial score (nSPS) is 11.9. The molecule has 1 atom stereocenters. The number of anilines is 2. The number of amides is 2. The summed E-state index contributed by atoms with van der Waals surface area (Å²) in [5, 5.41) is 4.78. The van der Waals surface area contributed by atoms with Crippen LogP contribution in [0.25, 0.3) is 0 Å². The fraction of sp³-hybridized carbons (Fsp3) is 0.235. The average molecular weight is 322 g/mol. The van der Waals surface area contributed by atoms with E-state index in [2.05, 4.69) is 10.6 Å². The Kier molecular flexibility index (Phi) is 5.26. The third kappa shape index (κ3) is 3.83. The van der Waals surface area contributed by atoms with Crippen molar-refractivity contribution in [3.63, 3.8) is 0 Å². The molecule has 0 saturated heterocycles. The number of nitrogens with one attached hydrogen (secondary N) is 2. The van der Waals surface area contributed by atoms with E-state index in [9.17, 15) is 18.0 Å². The highest BCUT2D eigenvalue weighted by atomic mass is 19.2. The van der Waals surface area contributed by atoms with Crippen molar-refractivity contribution in [3.05, 3.63) is 59.4 Å². The number of hydrogen-bond acceptors (Lipinski definition) is 1. The Hall–Kier alpha value is -2.50. The molecule has 2 N–H and O–H groups in total. The average Bonchev–Trinajstić information content (AvgIpc) is 2.55. The van der Waals surface area contributed by atoms with E-state index < -0.39 is 29.2 Å². The van der Waals surface area contributed by atoms with Gasteiger partial charge in [0.25, 0.3) is 0 Å².